The van der Waals surface area contributed by atoms with Gasteiger partial charge in [-0.2, -0.15) is 0 Å². The third-order valence-corrected chi connectivity index (χ3v) is 10.6. The summed E-state index contributed by atoms with van der Waals surface area (Å²) in [5.74, 6) is -1.02. The molecular formula is C39H58N6O7S. The van der Waals surface area contributed by atoms with E-state index >= 15 is 0 Å². The number of hydrogen-bond donors (Lipinski definition) is 3. The van der Waals surface area contributed by atoms with Gasteiger partial charge in [-0.3, -0.25) is 19.2 Å². The van der Waals surface area contributed by atoms with Gasteiger partial charge in [0.25, 0.3) is 0 Å². The summed E-state index contributed by atoms with van der Waals surface area (Å²) in [6.45, 7) is 16.7. The van der Waals surface area contributed by atoms with Crippen molar-refractivity contribution in [3.05, 3.63) is 41.0 Å². The van der Waals surface area contributed by atoms with Crippen LogP contribution in [0.2, 0.25) is 0 Å². The van der Waals surface area contributed by atoms with E-state index in [0.717, 1.165) is 21.7 Å². The number of benzene rings is 1. The van der Waals surface area contributed by atoms with Crippen molar-refractivity contribution in [2.45, 2.75) is 124 Å². The largest absolute Gasteiger partial charge is 0.444 e. The number of piperazine rings is 1. The van der Waals surface area contributed by atoms with Crippen LogP contribution >= 0.6 is 11.3 Å². The molecule has 0 radical (unpaired) electrons. The molecule has 2 aliphatic heterocycles. The van der Waals surface area contributed by atoms with Gasteiger partial charge < -0.3 is 35.2 Å². The van der Waals surface area contributed by atoms with E-state index in [1.54, 1.807) is 21.1 Å². The Bertz CT molecular complexity index is 1590. The maximum atomic E-state index is 14.0. The van der Waals surface area contributed by atoms with E-state index in [9.17, 15) is 29.1 Å². The number of β-amino-alcohol motifs (C(OH)–C–C–N with tert-alkyl or cyclic N) is 1. The topological polar surface area (TPSA) is 161 Å². The SMILES string of the molecule is Cc1ncsc1-c1ccc([C@H](C)NC(=O)[C@@H]2C[C@@H](O)CN2C(=O)C(NC(=O)CCCCCC(=O)N2CCN(C(=O)OC(C)(C)C)CC2)C(C)(C)C)cc1. The van der Waals surface area contributed by atoms with Gasteiger partial charge in [-0.25, -0.2) is 9.78 Å². The predicted molar refractivity (Wildman–Crippen MR) is 204 cm³/mol. The lowest BCUT2D eigenvalue weighted by molar-refractivity contribution is -0.144. The number of ether oxygens (including phenoxy) is 1. The van der Waals surface area contributed by atoms with E-state index in [1.807, 2.05) is 85.2 Å². The van der Waals surface area contributed by atoms with Crippen molar-refractivity contribution in [1.82, 2.24) is 30.3 Å². The first-order chi connectivity index (χ1) is 24.8. The number of nitrogens with one attached hydrogen (secondary N) is 2. The molecular weight excluding hydrogens is 697 g/mol. The number of aromatic nitrogens is 1. The minimum absolute atomic E-state index is 0.000724. The maximum absolute atomic E-state index is 14.0. The summed E-state index contributed by atoms with van der Waals surface area (Å²) >= 11 is 1.58. The Morgan fingerprint density at radius 3 is 2.13 bits per heavy atom. The number of hydrogen-bond acceptors (Lipinski definition) is 9. The lowest BCUT2D eigenvalue weighted by Crippen LogP contribution is -2.57. The number of aliphatic hydroxyl groups is 1. The van der Waals surface area contributed by atoms with Crippen LogP contribution in [0.15, 0.2) is 29.8 Å². The number of carbonyl (C=O) groups excluding carboxylic acids is 5. The molecule has 2 saturated heterocycles. The summed E-state index contributed by atoms with van der Waals surface area (Å²) in [5, 5.41) is 16.5. The highest BCUT2D eigenvalue weighted by atomic mass is 32.1. The first kappa shape index (κ1) is 41.7. The third-order valence-electron chi connectivity index (χ3n) is 9.64. The number of unbranched alkanes of at least 4 members (excludes halogenated alkanes) is 2. The molecule has 0 spiro atoms. The summed E-state index contributed by atoms with van der Waals surface area (Å²) in [6.07, 6.45) is 1.26. The molecule has 1 aromatic carbocycles. The third kappa shape index (κ3) is 11.7. The Kier molecular flexibility index (Phi) is 14.1. The van der Waals surface area contributed by atoms with Crippen molar-refractivity contribution in [2.24, 2.45) is 5.41 Å². The second-order valence-electron chi connectivity index (χ2n) is 16.3. The van der Waals surface area contributed by atoms with Crippen LogP contribution in [0.4, 0.5) is 4.79 Å². The van der Waals surface area contributed by atoms with E-state index in [2.05, 4.69) is 15.6 Å². The number of rotatable bonds is 12. The van der Waals surface area contributed by atoms with Gasteiger partial charge in [0.1, 0.15) is 17.7 Å². The minimum Gasteiger partial charge on any atom is -0.444 e. The van der Waals surface area contributed by atoms with Crippen molar-refractivity contribution in [3.63, 3.8) is 0 Å². The second kappa shape index (κ2) is 17.9. The van der Waals surface area contributed by atoms with Crippen LogP contribution in [0.25, 0.3) is 10.4 Å². The Labute approximate surface area is 317 Å². The van der Waals surface area contributed by atoms with E-state index in [1.165, 1.54) is 4.90 Å². The molecule has 292 valence electrons. The summed E-state index contributed by atoms with van der Waals surface area (Å²) in [4.78, 5) is 75.9. The van der Waals surface area contributed by atoms with E-state index in [-0.39, 0.29) is 49.2 Å². The first-order valence-corrected chi connectivity index (χ1v) is 19.6. The number of carbonyl (C=O) groups is 5. The van der Waals surface area contributed by atoms with Crippen molar-refractivity contribution < 1.29 is 33.8 Å². The number of aliphatic hydroxyl groups excluding tert-OH is 1. The molecule has 0 aliphatic carbocycles. The summed E-state index contributed by atoms with van der Waals surface area (Å²) < 4.78 is 5.43. The number of nitrogens with zero attached hydrogens (tertiary/aromatic N) is 4. The monoisotopic (exact) mass is 754 g/mol. The zero-order chi connectivity index (χ0) is 39.1. The highest BCUT2D eigenvalue weighted by molar-refractivity contribution is 7.13. The fraction of sp³-hybridized carbons (Fsp3) is 0.641. The average Bonchev–Trinajstić information content (AvgIpc) is 3.70. The average molecular weight is 755 g/mol. The van der Waals surface area contributed by atoms with Gasteiger partial charge in [-0.05, 0) is 64.0 Å². The molecule has 2 aromatic rings. The van der Waals surface area contributed by atoms with Crippen LogP contribution in [-0.2, 0) is 23.9 Å². The maximum Gasteiger partial charge on any atom is 0.410 e. The molecule has 4 atom stereocenters. The lowest BCUT2D eigenvalue weighted by atomic mass is 9.85. The van der Waals surface area contributed by atoms with E-state index in [4.69, 9.17) is 4.74 Å². The lowest BCUT2D eigenvalue weighted by Gasteiger charge is -2.35. The number of thiazole rings is 1. The van der Waals surface area contributed by atoms with Crippen LogP contribution in [0, 0.1) is 12.3 Å². The van der Waals surface area contributed by atoms with Crippen molar-refractivity contribution in [3.8, 4) is 10.4 Å². The summed E-state index contributed by atoms with van der Waals surface area (Å²) in [6, 6.07) is 5.82. The minimum atomic E-state index is -0.906. The van der Waals surface area contributed by atoms with Crippen LogP contribution < -0.4 is 10.6 Å². The molecule has 14 heteroatoms. The first-order valence-electron chi connectivity index (χ1n) is 18.7. The number of likely N-dealkylation sites (tertiary alicyclic amines) is 1. The van der Waals surface area contributed by atoms with Crippen LogP contribution in [0.1, 0.15) is 104 Å². The molecule has 0 saturated carbocycles. The molecule has 1 aromatic heterocycles. The van der Waals surface area contributed by atoms with Gasteiger partial charge in [-0.15, -0.1) is 11.3 Å². The predicted octanol–water partition coefficient (Wildman–Crippen LogP) is 4.82. The Hall–Kier alpha value is -4.04. The Morgan fingerprint density at radius 2 is 1.55 bits per heavy atom. The normalized spacial score (nSPS) is 19.1. The smallest absolute Gasteiger partial charge is 0.410 e. The zero-order valence-corrected chi connectivity index (χ0v) is 33.4. The second-order valence-corrected chi connectivity index (χ2v) is 17.1. The van der Waals surface area contributed by atoms with Crippen LogP contribution in [0.5, 0.6) is 0 Å². The summed E-state index contributed by atoms with van der Waals surface area (Å²) in [7, 11) is 0. The molecule has 53 heavy (non-hydrogen) atoms. The zero-order valence-electron chi connectivity index (χ0n) is 32.6. The molecule has 2 fully saturated rings. The fourth-order valence-electron chi connectivity index (χ4n) is 6.61. The van der Waals surface area contributed by atoms with Crippen LogP contribution in [-0.4, -0.2) is 111 Å². The van der Waals surface area contributed by atoms with Gasteiger partial charge >= 0.3 is 6.09 Å². The van der Waals surface area contributed by atoms with Gasteiger partial charge in [-0.1, -0.05) is 51.5 Å². The molecule has 4 rings (SSSR count). The van der Waals surface area contributed by atoms with Crippen molar-refractivity contribution >= 4 is 41.1 Å². The van der Waals surface area contributed by atoms with Crippen molar-refractivity contribution in [2.75, 3.05) is 32.7 Å². The number of aryl methyl sites for hydroxylation is 1. The molecule has 0 bridgehead atoms. The van der Waals surface area contributed by atoms with Gasteiger partial charge in [0.2, 0.25) is 23.6 Å². The van der Waals surface area contributed by atoms with Crippen molar-refractivity contribution in [1.29, 1.82) is 0 Å². The van der Waals surface area contributed by atoms with E-state index < -0.39 is 35.1 Å². The molecule has 5 amide bonds. The Balaban J connectivity index is 1.23. The molecule has 3 heterocycles. The molecule has 2 aliphatic rings. The quantitative estimate of drug-likeness (QED) is 0.260. The van der Waals surface area contributed by atoms with Gasteiger partial charge in [0, 0.05) is 52.0 Å². The number of amides is 5. The standard InChI is InChI=1S/C39H58N6O7S/c1-25(27-14-16-28(17-15-27)33-26(2)40-24-53-33)41-35(49)30-22-29(46)23-45(30)36(50)34(38(3,4)5)42-31(47)12-10-9-11-13-32(48)43-18-20-44(21-19-43)37(51)52-39(6,7)8/h14-17,24-25,29-30,34,46H,9-13,18-23H2,1-8H3,(H,41,49)(H,42,47)/t25-,29+,30-,34?/m0/s1. The summed E-state index contributed by atoms with van der Waals surface area (Å²) in [5.41, 5.74) is 3.51. The molecule has 13 nitrogen and oxygen atoms in total. The fourth-order valence-corrected chi connectivity index (χ4v) is 7.42. The Morgan fingerprint density at radius 1 is 0.925 bits per heavy atom. The highest BCUT2D eigenvalue weighted by Gasteiger charge is 2.44. The van der Waals surface area contributed by atoms with E-state index in [0.29, 0.717) is 51.9 Å². The molecule has 1 unspecified atom stereocenters. The van der Waals surface area contributed by atoms with Crippen LogP contribution in [0.3, 0.4) is 0 Å². The highest BCUT2D eigenvalue weighted by Crippen LogP contribution is 2.30. The van der Waals surface area contributed by atoms with Gasteiger partial charge in [0.15, 0.2) is 0 Å². The van der Waals surface area contributed by atoms with Gasteiger partial charge in [0.05, 0.1) is 28.2 Å². The molecule has 3 N–H and O–H groups in total.